The van der Waals surface area contributed by atoms with Crippen LogP contribution in [0.15, 0.2) is 36.7 Å². The van der Waals surface area contributed by atoms with Crippen LogP contribution in [-0.2, 0) is 0 Å². The van der Waals surface area contributed by atoms with Crippen molar-refractivity contribution in [2.24, 2.45) is 5.41 Å². The number of amides is 1. The minimum absolute atomic E-state index is 0.107. The Kier molecular flexibility index (Phi) is 3.88. The van der Waals surface area contributed by atoms with E-state index < -0.39 is 0 Å². The van der Waals surface area contributed by atoms with Gasteiger partial charge in [0.1, 0.15) is 0 Å². The molecule has 2 aromatic rings. The van der Waals surface area contributed by atoms with E-state index >= 15 is 0 Å². The molecule has 5 heteroatoms. The molecule has 5 nitrogen and oxygen atoms in total. The van der Waals surface area contributed by atoms with Gasteiger partial charge in [-0.05, 0) is 49.8 Å². The second kappa shape index (κ2) is 6.06. The first-order chi connectivity index (χ1) is 11.7. The van der Waals surface area contributed by atoms with Crippen LogP contribution in [0.1, 0.15) is 35.2 Å². The standard InChI is InChI=1S/C19H24N4O/c1-15-4-2-3-5-17(15)23-13-16(12-21-23)18(24)22-10-7-19(8-11-22)6-9-20-14-19/h2-5,12-13,20H,6-11,14H2,1H3. The highest BCUT2D eigenvalue weighted by atomic mass is 16.2. The Morgan fingerprint density at radius 2 is 2.00 bits per heavy atom. The van der Waals surface area contributed by atoms with Crippen molar-refractivity contribution in [2.75, 3.05) is 26.2 Å². The number of piperidine rings is 1. The summed E-state index contributed by atoms with van der Waals surface area (Å²) in [6.45, 7) is 6.00. The molecule has 1 amide bonds. The van der Waals surface area contributed by atoms with Crippen LogP contribution in [0.5, 0.6) is 0 Å². The maximum atomic E-state index is 12.8. The van der Waals surface area contributed by atoms with E-state index in [1.165, 1.54) is 6.42 Å². The molecule has 126 valence electrons. The van der Waals surface area contributed by atoms with Crippen molar-refractivity contribution in [3.8, 4) is 5.69 Å². The first-order valence-corrected chi connectivity index (χ1v) is 8.78. The number of aromatic nitrogens is 2. The lowest BCUT2D eigenvalue weighted by molar-refractivity contribution is 0.0607. The number of nitrogens with one attached hydrogen (secondary N) is 1. The fraction of sp³-hybridized carbons (Fsp3) is 0.474. The Morgan fingerprint density at radius 3 is 2.71 bits per heavy atom. The Bertz CT molecular complexity index is 735. The van der Waals surface area contributed by atoms with Crippen molar-refractivity contribution in [2.45, 2.75) is 26.2 Å². The summed E-state index contributed by atoms with van der Waals surface area (Å²) < 4.78 is 1.80. The fourth-order valence-corrected chi connectivity index (χ4v) is 3.97. The van der Waals surface area contributed by atoms with Gasteiger partial charge in [-0.25, -0.2) is 4.68 Å². The summed E-state index contributed by atoms with van der Waals surface area (Å²) in [4.78, 5) is 14.8. The van der Waals surface area contributed by atoms with Crippen molar-refractivity contribution < 1.29 is 4.79 Å². The van der Waals surface area contributed by atoms with Crippen molar-refractivity contribution in [1.29, 1.82) is 0 Å². The third-order valence-corrected chi connectivity index (χ3v) is 5.64. The summed E-state index contributed by atoms with van der Waals surface area (Å²) in [5, 5.41) is 7.86. The van der Waals surface area contributed by atoms with Crippen LogP contribution in [0.3, 0.4) is 0 Å². The number of hydrogen-bond acceptors (Lipinski definition) is 3. The molecule has 2 aliphatic heterocycles. The quantitative estimate of drug-likeness (QED) is 0.923. The highest BCUT2D eigenvalue weighted by molar-refractivity contribution is 5.93. The van der Waals surface area contributed by atoms with E-state index in [4.69, 9.17) is 0 Å². The minimum atomic E-state index is 0.107. The number of para-hydroxylation sites is 1. The molecular formula is C19H24N4O. The van der Waals surface area contributed by atoms with E-state index in [0.717, 1.165) is 50.3 Å². The third kappa shape index (κ3) is 2.73. The molecule has 1 aromatic heterocycles. The molecule has 1 aromatic carbocycles. The van der Waals surface area contributed by atoms with Gasteiger partial charge in [-0.15, -0.1) is 0 Å². The molecule has 0 unspecified atom stereocenters. The molecule has 3 heterocycles. The Balaban J connectivity index is 1.47. The molecule has 0 atom stereocenters. The topological polar surface area (TPSA) is 50.2 Å². The van der Waals surface area contributed by atoms with Gasteiger partial charge in [0.15, 0.2) is 0 Å². The number of nitrogens with zero attached hydrogens (tertiary/aromatic N) is 3. The van der Waals surface area contributed by atoms with Crippen molar-refractivity contribution in [3.63, 3.8) is 0 Å². The zero-order chi connectivity index (χ0) is 16.6. The maximum Gasteiger partial charge on any atom is 0.257 e. The lowest BCUT2D eigenvalue weighted by Gasteiger charge is -2.38. The zero-order valence-electron chi connectivity index (χ0n) is 14.2. The largest absolute Gasteiger partial charge is 0.339 e. The molecule has 4 rings (SSSR count). The zero-order valence-corrected chi connectivity index (χ0v) is 14.2. The van der Waals surface area contributed by atoms with Gasteiger partial charge in [0.25, 0.3) is 5.91 Å². The van der Waals surface area contributed by atoms with Gasteiger partial charge in [0.2, 0.25) is 0 Å². The lowest BCUT2D eigenvalue weighted by Crippen LogP contribution is -2.43. The van der Waals surface area contributed by atoms with Crippen LogP contribution in [0.4, 0.5) is 0 Å². The Labute approximate surface area is 142 Å². The van der Waals surface area contributed by atoms with Gasteiger partial charge in [0, 0.05) is 25.8 Å². The molecule has 0 bridgehead atoms. The van der Waals surface area contributed by atoms with Crippen LogP contribution < -0.4 is 5.32 Å². The van der Waals surface area contributed by atoms with Gasteiger partial charge >= 0.3 is 0 Å². The minimum Gasteiger partial charge on any atom is -0.339 e. The van der Waals surface area contributed by atoms with E-state index in [0.29, 0.717) is 11.0 Å². The van der Waals surface area contributed by atoms with Crippen LogP contribution in [-0.4, -0.2) is 46.8 Å². The van der Waals surface area contributed by atoms with Crippen LogP contribution in [0.2, 0.25) is 0 Å². The second-order valence-corrected chi connectivity index (χ2v) is 7.18. The SMILES string of the molecule is Cc1ccccc1-n1cc(C(=O)N2CCC3(CCNC3)CC2)cn1. The normalized spacial score (nSPS) is 19.8. The van der Waals surface area contributed by atoms with Crippen molar-refractivity contribution in [1.82, 2.24) is 20.0 Å². The molecule has 2 aliphatic rings. The van der Waals surface area contributed by atoms with Gasteiger partial charge in [0.05, 0.1) is 17.4 Å². The Hall–Kier alpha value is -2.14. The van der Waals surface area contributed by atoms with E-state index in [2.05, 4.69) is 23.4 Å². The second-order valence-electron chi connectivity index (χ2n) is 7.18. The average Bonchev–Trinajstić information content (AvgIpc) is 3.26. The van der Waals surface area contributed by atoms with E-state index in [1.54, 1.807) is 10.9 Å². The van der Waals surface area contributed by atoms with Gasteiger partial charge in [-0.1, -0.05) is 18.2 Å². The van der Waals surface area contributed by atoms with Crippen molar-refractivity contribution >= 4 is 5.91 Å². The molecular weight excluding hydrogens is 300 g/mol. The number of rotatable bonds is 2. The third-order valence-electron chi connectivity index (χ3n) is 5.64. The highest BCUT2D eigenvalue weighted by Gasteiger charge is 2.38. The summed E-state index contributed by atoms with van der Waals surface area (Å²) in [7, 11) is 0. The predicted molar refractivity (Wildman–Crippen MR) is 93.4 cm³/mol. The van der Waals surface area contributed by atoms with Crippen LogP contribution in [0, 0.1) is 12.3 Å². The van der Waals surface area contributed by atoms with E-state index in [-0.39, 0.29) is 5.91 Å². The number of hydrogen-bond donors (Lipinski definition) is 1. The van der Waals surface area contributed by atoms with Gasteiger partial charge < -0.3 is 10.2 Å². The summed E-state index contributed by atoms with van der Waals surface area (Å²) >= 11 is 0. The van der Waals surface area contributed by atoms with Crippen LogP contribution in [0.25, 0.3) is 5.69 Å². The first kappa shape index (κ1) is 15.4. The lowest BCUT2D eigenvalue weighted by atomic mass is 9.78. The Morgan fingerprint density at radius 1 is 1.21 bits per heavy atom. The molecule has 2 fully saturated rings. The fourth-order valence-electron chi connectivity index (χ4n) is 3.97. The van der Waals surface area contributed by atoms with Crippen LogP contribution >= 0.6 is 0 Å². The maximum absolute atomic E-state index is 12.8. The number of likely N-dealkylation sites (tertiary alicyclic amines) is 1. The van der Waals surface area contributed by atoms with E-state index in [9.17, 15) is 4.79 Å². The summed E-state index contributed by atoms with van der Waals surface area (Å²) in [6, 6.07) is 8.08. The molecule has 1 spiro atoms. The summed E-state index contributed by atoms with van der Waals surface area (Å²) in [5.74, 6) is 0.107. The summed E-state index contributed by atoms with van der Waals surface area (Å²) in [5.41, 5.74) is 3.28. The number of carbonyl (C=O) groups excluding carboxylic acids is 1. The monoisotopic (exact) mass is 324 g/mol. The van der Waals surface area contributed by atoms with E-state index in [1.807, 2.05) is 29.3 Å². The molecule has 2 saturated heterocycles. The summed E-state index contributed by atoms with van der Waals surface area (Å²) in [6.07, 6.45) is 7.01. The van der Waals surface area contributed by atoms with Gasteiger partial charge in [-0.3, -0.25) is 4.79 Å². The predicted octanol–water partition coefficient (Wildman–Crippen LogP) is 2.40. The molecule has 0 aliphatic carbocycles. The molecule has 1 N–H and O–H groups in total. The molecule has 0 saturated carbocycles. The smallest absolute Gasteiger partial charge is 0.257 e. The van der Waals surface area contributed by atoms with Crippen molar-refractivity contribution in [3.05, 3.63) is 47.8 Å². The van der Waals surface area contributed by atoms with Gasteiger partial charge in [-0.2, -0.15) is 5.10 Å². The first-order valence-electron chi connectivity index (χ1n) is 8.78. The molecule has 24 heavy (non-hydrogen) atoms. The average molecular weight is 324 g/mol. The number of aryl methyl sites for hydroxylation is 1. The number of benzene rings is 1. The molecule has 0 radical (unpaired) electrons. The number of carbonyl (C=O) groups is 1. The highest BCUT2D eigenvalue weighted by Crippen LogP contribution is 2.37.